The maximum atomic E-state index is 14.1. The second-order valence-corrected chi connectivity index (χ2v) is 8.53. The molecule has 30 heavy (non-hydrogen) atoms. The molecule has 5 heteroatoms. The molecule has 160 valence electrons. The van der Waals surface area contributed by atoms with Gasteiger partial charge in [0.05, 0.1) is 12.5 Å². The molecule has 4 nitrogen and oxygen atoms in total. The van der Waals surface area contributed by atoms with Crippen molar-refractivity contribution >= 4 is 5.91 Å². The summed E-state index contributed by atoms with van der Waals surface area (Å²) in [5, 5.41) is 3.32. The van der Waals surface area contributed by atoms with Gasteiger partial charge in [-0.05, 0) is 61.4 Å². The van der Waals surface area contributed by atoms with Crippen LogP contribution in [0.15, 0.2) is 42.5 Å². The number of hydrogen-bond acceptors (Lipinski definition) is 3. The second-order valence-electron chi connectivity index (χ2n) is 8.53. The molecule has 2 aliphatic rings. The van der Waals surface area contributed by atoms with E-state index in [1.165, 1.54) is 25.0 Å². The molecule has 1 aliphatic heterocycles. The quantitative estimate of drug-likeness (QED) is 0.736. The van der Waals surface area contributed by atoms with Crippen LogP contribution in [0.25, 0.3) is 11.1 Å². The van der Waals surface area contributed by atoms with Gasteiger partial charge < -0.3 is 14.8 Å². The van der Waals surface area contributed by atoms with E-state index in [0.717, 1.165) is 24.0 Å². The highest BCUT2D eigenvalue weighted by Crippen LogP contribution is 2.40. The fourth-order valence-electron chi connectivity index (χ4n) is 4.85. The summed E-state index contributed by atoms with van der Waals surface area (Å²) in [5.74, 6) is 0.458. The van der Waals surface area contributed by atoms with Crippen LogP contribution in [0.1, 0.15) is 44.1 Å². The number of ether oxygens (including phenoxy) is 2. The lowest BCUT2D eigenvalue weighted by atomic mass is 9.73. The summed E-state index contributed by atoms with van der Waals surface area (Å²) in [6, 6.07) is 12.8. The molecule has 1 aliphatic carbocycles. The van der Waals surface area contributed by atoms with Gasteiger partial charge >= 0.3 is 0 Å². The monoisotopic (exact) mass is 411 g/mol. The van der Waals surface area contributed by atoms with Gasteiger partial charge in [0.25, 0.3) is 0 Å². The first kappa shape index (κ1) is 20.9. The third-order valence-corrected chi connectivity index (χ3v) is 6.62. The first-order valence-electron chi connectivity index (χ1n) is 10.9. The van der Waals surface area contributed by atoms with Crippen LogP contribution in [0.4, 0.5) is 4.39 Å². The molecule has 2 aromatic carbocycles. The van der Waals surface area contributed by atoms with Crippen LogP contribution in [0.5, 0.6) is 5.75 Å². The Kier molecular flexibility index (Phi) is 6.38. The van der Waals surface area contributed by atoms with Gasteiger partial charge in [0, 0.05) is 24.8 Å². The van der Waals surface area contributed by atoms with Crippen LogP contribution in [0.3, 0.4) is 0 Å². The van der Waals surface area contributed by atoms with E-state index in [0.29, 0.717) is 43.8 Å². The molecular weight excluding hydrogens is 381 g/mol. The maximum absolute atomic E-state index is 14.1. The standard InChI is InChI=1S/C25H30FNO3/c1-29-23-11-10-19(26)16-22(23)21-9-5-2-6-18(21)17-25(12-14-30-15-13-25)24(28)27-20-7-3-4-8-20/h2,5-6,9-11,16,20H,3-4,7-8,12-15,17H2,1H3,(H,27,28). The molecular formula is C25H30FNO3. The Morgan fingerprint density at radius 1 is 1.13 bits per heavy atom. The zero-order valence-corrected chi connectivity index (χ0v) is 17.6. The number of rotatable bonds is 6. The van der Waals surface area contributed by atoms with Crippen molar-refractivity contribution in [3.8, 4) is 16.9 Å². The summed E-state index contributed by atoms with van der Waals surface area (Å²) >= 11 is 0. The smallest absolute Gasteiger partial charge is 0.226 e. The summed E-state index contributed by atoms with van der Waals surface area (Å²) in [4.78, 5) is 13.5. The number of nitrogens with one attached hydrogen (secondary N) is 1. The zero-order chi connectivity index (χ0) is 21.0. The van der Waals surface area contributed by atoms with Gasteiger partial charge in [-0.2, -0.15) is 0 Å². The molecule has 2 fully saturated rings. The van der Waals surface area contributed by atoms with E-state index in [1.807, 2.05) is 24.3 Å². The Bertz CT molecular complexity index is 886. The topological polar surface area (TPSA) is 47.6 Å². The predicted octanol–water partition coefficient (Wildman–Crippen LogP) is 4.90. The van der Waals surface area contributed by atoms with Gasteiger partial charge in [-0.15, -0.1) is 0 Å². The van der Waals surface area contributed by atoms with Crippen molar-refractivity contribution in [2.75, 3.05) is 20.3 Å². The average molecular weight is 412 g/mol. The molecule has 1 N–H and O–H groups in total. The van der Waals surface area contributed by atoms with Crippen molar-refractivity contribution in [1.29, 1.82) is 0 Å². The Balaban J connectivity index is 1.67. The minimum Gasteiger partial charge on any atom is -0.496 e. The lowest BCUT2D eigenvalue weighted by Crippen LogP contribution is -2.48. The van der Waals surface area contributed by atoms with E-state index >= 15 is 0 Å². The molecule has 4 rings (SSSR count). The van der Waals surface area contributed by atoms with Gasteiger partial charge in [0.2, 0.25) is 5.91 Å². The first-order valence-corrected chi connectivity index (χ1v) is 10.9. The minimum atomic E-state index is -0.502. The summed E-state index contributed by atoms with van der Waals surface area (Å²) in [7, 11) is 1.59. The second kappa shape index (κ2) is 9.17. The average Bonchev–Trinajstić information content (AvgIpc) is 3.28. The van der Waals surface area contributed by atoms with Crippen molar-refractivity contribution in [1.82, 2.24) is 5.32 Å². The molecule has 0 radical (unpaired) electrons. The molecule has 0 spiro atoms. The van der Waals surface area contributed by atoms with E-state index in [-0.39, 0.29) is 17.8 Å². The van der Waals surface area contributed by atoms with E-state index in [1.54, 1.807) is 13.2 Å². The summed E-state index contributed by atoms with van der Waals surface area (Å²) in [6.45, 7) is 1.17. The number of hydrogen-bond donors (Lipinski definition) is 1. The molecule has 1 saturated heterocycles. The first-order chi connectivity index (χ1) is 14.6. The number of carbonyl (C=O) groups is 1. The van der Waals surface area contributed by atoms with Gasteiger partial charge in [0.15, 0.2) is 0 Å². The summed E-state index contributed by atoms with van der Waals surface area (Å²) in [6.07, 6.45) is 6.49. The molecule has 0 unspecified atom stereocenters. The number of halogens is 1. The third kappa shape index (κ3) is 4.36. The Morgan fingerprint density at radius 2 is 1.87 bits per heavy atom. The number of carbonyl (C=O) groups excluding carboxylic acids is 1. The van der Waals surface area contributed by atoms with Gasteiger partial charge in [-0.3, -0.25) is 4.79 Å². The van der Waals surface area contributed by atoms with E-state index < -0.39 is 5.41 Å². The van der Waals surface area contributed by atoms with E-state index in [9.17, 15) is 9.18 Å². The number of benzene rings is 2. The molecule has 0 bridgehead atoms. The number of amides is 1. The highest BCUT2D eigenvalue weighted by atomic mass is 19.1. The molecule has 2 aromatic rings. The van der Waals surface area contributed by atoms with Crippen molar-refractivity contribution in [3.05, 3.63) is 53.8 Å². The molecule has 1 amide bonds. The van der Waals surface area contributed by atoms with Crippen LogP contribution < -0.4 is 10.1 Å². The van der Waals surface area contributed by atoms with Crippen LogP contribution in [-0.4, -0.2) is 32.3 Å². The summed E-state index contributed by atoms with van der Waals surface area (Å²) < 4.78 is 25.1. The van der Waals surface area contributed by atoms with Crippen LogP contribution >= 0.6 is 0 Å². The highest BCUT2D eigenvalue weighted by Gasteiger charge is 2.41. The number of methoxy groups -OCH3 is 1. The molecule has 1 saturated carbocycles. The predicted molar refractivity (Wildman–Crippen MR) is 115 cm³/mol. The van der Waals surface area contributed by atoms with Crippen LogP contribution in [0.2, 0.25) is 0 Å². The maximum Gasteiger partial charge on any atom is 0.226 e. The zero-order valence-electron chi connectivity index (χ0n) is 17.6. The lowest BCUT2D eigenvalue weighted by Gasteiger charge is -2.37. The third-order valence-electron chi connectivity index (χ3n) is 6.62. The molecule has 0 aromatic heterocycles. The Hall–Kier alpha value is -2.40. The lowest BCUT2D eigenvalue weighted by molar-refractivity contribution is -0.137. The van der Waals surface area contributed by atoms with E-state index in [4.69, 9.17) is 9.47 Å². The minimum absolute atomic E-state index is 0.138. The highest BCUT2D eigenvalue weighted by molar-refractivity contribution is 5.84. The van der Waals surface area contributed by atoms with Gasteiger partial charge in [-0.25, -0.2) is 4.39 Å². The van der Waals surface area contributed by atoms with Crippen LogP contribution in [-0.2, 0) is 16.0 Å². The normalized spacial score (nSPS) is 18.9. The fraction of sp³-hybridized carbons (Fsp3) is 0.480. The molecule has 0 atom stereocenters. The summed E-state index contributed by atoms with van der Waals surface area (Å²) in [5.41, 5.74) is 2.15. The van der Waals surface area contributed by atoms with Crippen LogP contribution in [0, 0.1) is 11.2 Å². The SMILES string of the molecule is COc1ccc(F)cc1-c1ccccc1CC1(C(=O)NC2CCCC2)CCOCC1. The van der Waals surface area contributed by atoms with Crippen molar-refractivity contribution in [2.24, 2.45) is 5.41 Å². The molecule has 1 heterocycles. The van der Waals surface area contributed by atoms with Crippen molar-refractivity contribution in [2.45, 2.75) is 51.0 Å². The Morgan fingerprint density at radius 3 is 2.60 bits per heavy atom. The van der Waals surface area contributed by atoms with Gasteiger partial charge in [0.1, 0.15) is 11.6 Å². The van der Waals surface area contributed by atoms with Crippen molar-refractivity contribution < 1.29 is 18.7 Å². The van der Waals surface area contributed by atoms with Crippen molar-refractivity contribution in [3.63, 3.8) is 0 Å². The Labute approximate surface area is 177 Å². The van der Waals surface area contributed by atoms with Gasteiger partial charge in [-0.1, -0.05) is 37.1 Å². The fourth-order valence-corrected chi connectivity index (χ4v) is 4.85. The largest absolute Gasteiger partial charge is 0.496 e. The van der Waals surface area contributed by atoms with E-state index in [2.05, 4.69) is 5.32 Å².